The van der Waals surface area contributed by atoms with Crippen molar-refractivity contribution in [1.82, 2.24) is 4.98 Å². The van der Waals surface area contributed by atoms with E-state index in [1.165, 1.54) is 11.1 Å². The zero-order chi connectivity index (χ0) is 10.7. The summed E-state index contributed by atoms with van der Waals surface area (Å²) in [6.07, 6.45) is 3.76. The Hall–Kier alpha value is -1.83. The second-order valence-electron chi connectivity index (χ2n) is 3.55. The first kappa shape index (κ1) is 9.71. The van der Waals surface area contributed by atoms with Gasteiger partial charge in [-0.3, -0.25) is 4.98 Å². The van der Waals surface area contributed by atoms with Gasteiger partial charge in [-0.25, -0.2) is 0 Å². The van der Waals surface area contributed by atoms with Crippen molar-refractivity contribution in [3.63, 3.8) is 0 Å². The highest BCUT2D eigenvalue weighted by Crippen LogP contribution is 2.26. The van der Waals surface area contributed by atoms with Gasteiger partial charge in [0.2, 0.25) is 0 Å². The molecule has 1 aromatic heterocycles. The van der Waals surface area contributed by atoms with Gasteiger partial charge >= 0.3 is 0 Å². The number of nitrogens with zero attached hydrogens (tertiary/aromatic N) is 1. The Labute approximate surface area is 90.0 Å². The summed E-state index contributed by atoms with van der Waals surface area (Å²) in [4.78, 5) is 4.21. The van der Waals surface area contributed by atoms with Gasteiger partial charge in [-0.05, 0) is 24.6 Å². The average molecular weight is 198 g/mol. The molecule has 2 rings (SSSR count). The lowest BCUT2D eigenvalue weighted by Crippen LogP contribution is -1.92. The molecule has 0 fully saturated rings. The first-order valence-corrected chi connectivity index (χ1v) is 5.00. The molecule has 15 heavy (non-hydrogen) atoms. The molecule has 0 saturated carbocycles. The Morgan fingerprint density at radius 1 is 1.13 bits per heavy atom. The molecule has 0 amide bonds. The van der Waals surface area contributed by atoms with Crippen molar-refractivity contribution in [2.45, 2.75) is 6.92 Å². The van der Waals surface area contributed by atoms with Crippen LogP contribution in [-0.2, 0) is 0 Å². The van der Waals surface area contributed by atoms with Crippen molar-refractivity contribution in [1.29, 1.82) is 0 Å². The van der Waals surface area contributed by atoms with E-state index in [1.54, 1.807) is 0 Å². The van der Waals surface area contributed by atoms with Gasteiger partial charge in [-0.15, -0.1) is 0 Å². The van der Waals surface area contributed by atoms with Crippen LogP contribution in [0.4, 0.5) is 5.69 Å². The average Bonchev–Trinajstić information content (AvgIpc) is 2.29. The fourth-order valence-corrected chi connectivity index (χ4v) is 1.66. The molecule has 2 nitrogen and oxygen atoms in total. The van der Waals surface area contributed by atoms with Crippen molar-refractivity contribution >= 4 is 5.69 Å². The zero-order valence-electron chi connectivity index (χ0n) is 8.99. The van der Waals surface area contributed by atoms with E-state index in [2.05, 4.69) is 35.4 Å². The lowest BCUT2D eigenvalue weighted by atomic mass is 10.0. The molecule has 1 heterocycles. The molecule has 0 unspecified atom stereocenters. The number of aryl methyl sites for hydroxylation is 1. The number of hydrogen-bond acceptors (Lipinski definition) is 2. The highest BCUT2D eigenvalue weighted by atomic mass is 14.8. The summed E-state index contributed by atoms with van der Waals surface area (Å²) in [5, 5.41) is 3.19. The minimum atomic E-state index is 1.13. The molecule has 0 spiro atoms. The fourth-order valence-electron chi connectivity index (χ4n) is 1.66. The fraction of sp³-hybridized carbons (Fsp3) is 0.154. The molecule has 1 aromatic carbocycles. The van der Waals surface area contributed by atoms with Crippen LogP contribution in [0, 0.1) is 6.92 Å². The van der Waals surface area contributed by atoms with Crippen molar-refractivity contribution in [3.05, 3.63) is 48.3 Å². The topological polar surface area (TPSA) is 24.9 Å². The van der Waals surface area contributed by atoms with Gasteiger partial charge in [0.25, 0.3) is 0 Å². The molecule has 2 aromatic rings. The van der Waals surface area contributed by atoms with Gasteiger partial charge < -0.3 is 5.32 Å². The number of hydrogen-bond donors (Lipinski definition) is 1. The number of benzene rings is 1. The Morgan fingerprint density at radius 3 is 2.67 bits per heavy atom. The van der Waals surface area contributed by atoms with Gasteiger partial charge in [0, 0.05) is 36.3 Å². The second kappa shape index (κ2) is 4.13. The molecule has 2 heteroatoms. The Balaban J connectivity index is 2.53. The van der Waals surface area contributed by atoms with Crippen LogP contribution in [0.15, 0.2) is 42.7 Å². The number of para-hydroxylation sites is 1. The Kier molecular flexibility index (Phi) is 2.68. The van der Waals surface area contributed by atoms with Crippen molar-refractivity contribution < 1.29 is 0 Å². The van der Waals surface area contributed by atoms with Crippen LogP contribution >= 0.6 is 0 Å². The number of anilines is 1. The summed E-state index contributed by atoms with van der Waals surface area (Å²) >= 11 is 0. The van der Waals surface area contributed by atoms with Gasteiger partial charge in [0.05, 0.1) is 0 Å². The van der Waals surface area contributed by atoms with Gasteiger partial charge in [0.1, 0.15) is 0 Å². The summed E-state index contributed by atoms with van der Waals surface area (Å²) < 4.78 is 0. The van der Waals surface area contributed by atoms with Crippen LogP contribution in [0.2, 0.25) is 0 Å². The minimum absolute atomic E-state index is 1.13. The summed E-state index contributed by atoms with van der Waals surface area (Å²) in [6.45, 7) is 2.05. The van der Waals surface area contributed by atoms with Crippen LogP contribution in [0.1, 0.15) is 5.56 Å². The van der Waals surface area contributed by atoms with E-state index in [9.17, 15) is 0 Å². The molecule has 0 radical (unpaired) electrons. The molecule has 0 aliphatic rings. The smallest absolute Gasteiger partial charge is 0.0417 e. The second-order valence-corrected chi connectivity index (χ2v) is 3.55. The Bertz CT molecular complexity index is 464. The monoisotopic (exact) mass is 198 g/mol. The minimum Gasteiger partial charge on any atom is -0.388 e. The molecule has 0 aliphatic heterocycles. The highest BCUT2D eigenvalue weighted by Gasteiger charge is 2.02. The van der Waals surface area contributed by atoms with E-state index < -0.39 is 0 Å². The first-order valence-electron chi connectivity index (χ1n) is 5.00. The van der Waals surface area contributed by atoms with Crippen LogP contribution in [0.5, 0.6) is 0 Å². The van der Waals surface area contributed by atoms with E-state index in [-0.39, 0.29) is 0 Å². The van der Waals surface area contributed by atoms with Crippen LogP contribution in [-0.4, -0.2) is 12.0 Å². The third-order valence-electron chi connectivity index (χ3n) is 2.38. The largest absolute Gasteiger partial charge is 0.388 e. The SMILES string of the molecule is CNc1ccccc1-c1cncc(C)c1. The third-order valence-corrected chi connectivity index (χ3v) is 2.38. The third kappa shape index (κ3) is 1.99. The number of rotatable bonds is 2. The maximum atomic E-state index is 4.21. The first-order chi connectivity index (χ1) is 7.31. The predicted molar refractivity (Wildman–Crippen MR) is 64.0 cm³/mol. The highest BCUT2D eigenvalue weighted by molar-refractivity contribution is 5.77. The molecular formula is C13H14N2. The van der Waals surface area contributed by atoms with Crippen LogP contribution < -0.4 is 5.32 Å². The predicted octanol–water partition coefficient (Wildman–Crippen LogP) is 3.10. The van der Waals surface area contributed by atoms with E-state index in [0.717, 1.165) is 11.3 Å². The van der Waals surface area contributed by atoms with Crippen LogP contribution in [0.3, 0.4) is 0 Å². The molecule has 0 atom stereocenters. The zero-order valence-corrected chi connectivity index (χ0v) is 8.99. The van der Waals surface area contributed by atoms with E-state index >= 15 is 0 Å². The number of aromatic nitrogens is 1. The lowest BCUT2D eigenvalue weighted by molar-refractivity contribution is 1.27. The van der Waals surface area contributed by atoms with Gasteiger partial charge in [0.15, 0.2) is 0 Å². The maximum Gasteiger partial charge on any atom is 0.0417 e. The number of pyridine rings is 1. The van der Waals surface area contributed by atoms with E-state index in [1.807, 2.05) is 31.6 Å². The Morgan fingerprint density at radius 2 is 1.93 bits per heavy atom. The lowest BCUT2D eigenvalue weighted by Gasteiger charge is -2.08. The summed E-state index contributed by atoms with van der Waals surface area (Å²) in [6, 6.07) is 10.4. The summed E-state index contributed by atoms with van der Waals surface area (Å²) in [5.74, 6) is 0. The van der Waals surface area contributed by atoms with E-state index in [0.29, 0.717) is 0 Å². The normalized spacial score (nSPS) is 10.0. The summed E-state index contributed by atoms with van der Waals surface area (Å²) in [7, 11) is 1.93. The summed E-state index contributed by atoms with van der Waals surface area (Å²) in [5.41, 5.74) is 4.65. The standard InChI is InChI=1S/C13H14N2/c1-10-7-11(9-15-8-10)12-5-3-4-6-13(12)14-2/h3-9,14H,1-2H3. The van der Waals surface area contributed by atoms with Gasteiger partial charge in [-0.1, -0.05) is 18.2 Å². The molecule has 0 bridgehead atoms. The quantitative estimate of drug-likeness (QED) is 0.802. The van der Waals surface area contributed by atoms with E-state index in [4.69, 9.17) is 0 Å². The molecular weight excluding hydrogens is 184 g/mol. The van der Waals surface area contributed by atoms with Gasteiger partial charge in [-0.2, -0.15) is 0 Å². The van der Waals surface area contributed by atoms with Crippen molar-refractivity contribution in [2.24, 2.45) is 0 Å². The van der Waals surface area contributed by atoms with Crippen LogP contribution in [0.25, 0.3) is 11.1 Å². The molecule has 1 N–H and O–H groups in total. The van der Waals surface area contributed by atoms with Crippen molar-refractivity contribution in [2.75, 3.05) is 12.4 Å². The van der Waals surface area contributed by atoms with Crippen molar-refractivity contribution in [3.8, 4) is 11.1 Å². The molecule has 0 saturated heterocycles. The maximum absolute atomic E-state index is 4.21. The molecule has 0 aliphatic carbocycles. The molecule has 76 valence electrons. The number of nitrogens with one attached hydrogen (secondary N) is 1.